The van der Waals surface area contributed by atoms with Crippen molar-refractivity contribution < 1.29 is 16.8 Å². The molecule has 2 aromatic rings. The Morgan fingerprint density at radius 3 is 1.65 bits per heavy atom. The summed E-state index contributed by atoms with van der Waals surface area (Å²) in [6, 6.07) is 13.2. The van der Waals surface area contributed by atoms with E-state index in [0.717, 1.165) is 11.1 Å². The standard InChI is InChI=1S/C26H32N2O4S2/c1-6-7-18-27(33(29,30)25-14-10-23(4)11-15-25)19-8-9-20-28(21-22(2)3)34(31,32)26-16-12-24(5)13-17-26/h6,10-17H,1-2,7,18-21H2,3-5H3. The van der Waals surface area contributed by atoms with Crippen molar-refractivity contribution in [1.82, 2.24) is 8.61 Å². The normalized spacial score (nSPS) is 11.8. The topological polar surface area (TPSA) is 74.8 Å². The van der Waals surface area contributed by atoms with Crippen LogP contribution in [0, 0.1) is 25.7 Å². The quantitative estimate of drug-likeness (QED) is 0.343. The van der Waals surface area contributed by atoms with Crippen LogP contribution < -0.4 is 0 Å². The van der Waals surface area contributed by atoms with Gasteiger partial charge in [0.15, 0.2) is 0 Å². The summed E-state index contributed by atoms with van der Waals surface area (Å²) in [5.74, 6) is 5.69. The predicted molar refractivity (Wildman–Crippen MR) is 137 cm³/mol. The summed E-state index contributed by atoms with van der Waals surface area (Å²) in [5.41, 5.74) is 2.59. The van der Waals surface area contributed by atoms with Crippen molar-refractivity contribution in [3.63, 3.8) is 0 Å². The Kier molecular flexibility index (Phi) is 9.83. The minimum atomic E-state index is -3.78. The van der Waals surface area contributed by atoms with E-state index < -0.39 is 20.0 Å². The van der Waals surface area contributed by atoms with Gasteiger partial charge in [-0.1, -0.05) is 65.5 Å². The first-order valence-electron chi connectivity index (χ1n) is 10.8. The summed E-state index contributed by atoms with van der Waals surface area (Å²) in [4.78, 5) is 0.366. The zero-order valence-corrected chi connectivity index (χ0v) is 21.6. The van der Waals surface area contributed by atoms with Crippen LogP contribution in [0.15, 0.2) is 83.1 Å². The molecule has 6 nitrogen and oxygen atoms in total. The Morgan fingerprint density at radius 2 is 1.24 bits per heavy atom. The van der Waals surface area contributed by atoms with E-state index >= 15 is 0 Å². The van der Waals surface area contributed by atoms with Crippen molar-refractivity contribution in [3.05, 3.63) is 84.5 Å². The predicted octanol–water partition coefficient (Wildman–Crippen LogP) is 4.14. The highest BCUT2D eigenvalue weighted by molar-refractivity contribution is 7.89. The second-order valence-corrected chi connectivity index (χ2v) is 12.0. The number of aryl methyl sites for hydroxylation is 2. The molecule has 0 radical (unpaired) electrons. The van der Waals surface area contributed by atoms with E-state index in [1.807, 2.05) is 13.8 Å². The van der Waals surface area contributed by atoms with Crippen LogP contribution in [0.1, 0.15) is 24.5 Å². The van der Waals surface area contributed by atoms with E-state index in [1.165, 1.54) is 8.61 Å². The molecule has 0 atom stereocenters. The average Bonchev–Trinajstić information content (AvgIpc) is 2.77. The molecule has 8 heteroatoms. The van der Waals surface area contributed by atoms with Gasteiger partial charge in [-0.05, 0) is 51.5 Å². The van der Waals surface area contributed by atoms with Crippen molar-refractivity contribution in [3.8, 4) is 11.8 Å². The van der Waals surface area contributed by atoms with Crippen LogP contribution in [0.25, 0.3) is 0 Å². The van der Waals surface area contributed by atoms with Crippen molar-refractivity contribution in [2.24, 2.45) is 0 Å². The van der Waals surface area contributed by atoms with Gasteiger partial charge < -0.3 is 0 Å². The molecule has 2 aromatic carbocycles. The smallest absolute Gasteiger partial charge is 0.207 e. The van der Waals surface area contributed by atoms with Crippen LogP contribution in [0.3, 0.4) is 0 Å². The summed E-state index contributed by atoms with van der Waals surface area (Å²) in [6.45, 7) is 13.2. The number of nitrogens with zero attached hydrogens (tertiary/aromatic N) is 2. The fraction of sp³-hybridized carbons (Fsp3) is 0.308. The van der Waals surface area contributed by atoms with Gasteiger partial charge in [0.1, 0.15) is 0 Å². The molecule has 0 heterocycles. The second kappa shape index (κ2) is 12.1. The summed E-state index contributed by atoms with van der Waals surface area (Å²) in [5, 5.41) is 0. The third-order valence-corrected chi connectivity index (χ3v) is 8.65. The van der Waals surface area contributed by atoms with Crippen LogP contribution in [-0.2, 0) is 20.0 Å². The second-order valence-electron chi connectivity index (χ2n) is 8.13. The maximum absolute atomic E-state index is 13.1. The zero-order chi connectivity index (χ0) is 25.4. The molecule has 0 spiro atoms. The number of hydrogen-bond donors (Lipinski definition) is 0. The molecule has 0 aliphatic carbocycles. The van der Waals surface area contributed by atoms with Gasteiger partial charge in [0.05, 0.1) is 22.9 Å². The number of hydrogen-bond acceptors (Lipinski definition) is 4. The Labute approximate surface area is 204 Å². The van der Waals surface area contributed by atoms with Gasteiger partial charge in [0.25, 0.3) is 0 Å². The summed E-state index contributed by atoms with van der Waals surface area (Å²) < 4.78 is 55.0. The highest BCUT2D eigenvalue weighted by Crippen LogP contribution is 2.18. The van der Waals surface area contributed by atoms with E-state index in [-0.39, 0.29) is 36.0 Å². The van der Waals surface area contributed by atoms with Crippen molar-refractivity contribution in [2.45, 2.75) is 37.0 Å². The molecule has 0 saturated heterocycles. The van der Waals surface area contributed by atoms with E-state index in [2.05, 4.69) is 25.0 Å². The molecular weight excluding hydrogens is 468 g/mol. The molecule has 0 aliphatic rings. The van der Waals surface area contributed by atoms with Gasteiger partial charge in [-0.2, -0.15) is 8.61 Å². The Bertz CT molecular complexity index is 1270. The van der Waals surface area contributed by atoms with Crippen molar-refractivity contribution >= 4 is 20.0 Å². The third-order valence-electron chi connectivity index (χ3n) is 4.98. The summed E-state index contributed by atoms with van der Waals surface area (Å²) >= 11 is 0. The molecular formula is C26H32N2O4S2. The number of rotatable bonds is 11. The van der Waals surface area contributed by atoms with Crippen LogP contribution in [0.2, 0.25) is 0 Å². The molecule has 0 amide bonds. The molecule has 0 N–H and O–H groups in total. The van der Waals surface area contributed by atoms with E-state index in [0.29, 0.717) is 12.0 Å². The number of sulfonamides is 2. The molecule has 0 bridgehead atoms. The van der Waals surface area contributed by atoms with Crippen LogP contribution in [0.4, 0.5) is 0 Å². The van der Waals surface area contributed by atoms with Gasteiger partial charge in [-0.3, -0.25) is 0 Å². The van der Waals surface area contributed by atoms with Crippen LogP contribution in [0.5, 0.6) is 0 Å². The first kappa shape index (κ1) is 27.5. The lowest BCUT2D eigenvalue weighted by atomic mass is 10.2. The van der Waals surface area contributed by atoms with Crippen LogP contribution in [-0.4, -0.2) is 51.6 Å². The fourth-order valence-corrected chi connectivity index (χ4v) is 5.81. The summed E-state index contributed by atoms with van der Waals surface area (Å²) in [6.07, 6.45) is 2.12. The lowest BCUT2D eigenvalue weighted by Gasteiger charge is -2.21. The average molecular weight is 501 g/mol. The maximum Gasteiger partial charge on any atom is 0.244 e. The number of benzene rings is 2. The van der Waals surface area contributed by atoms with E-state index in [1.54, 1.807) is 61.5 Å². The van der Waals surface area contributed by atoms with Gasteiger partial charge in [-0.15, -0.1) is 6.58 Å². The molecule has 0 aromatic heterocycles. The van der Waals surface area contributed by atoms with Gasteiger partial charge in [0, 0.05) is 13.1 Å². The molecule has 0 saturated carbocycles. The third kappa shape index (κ3) is 7.40. The minimum Gasteiger partial charge on any atom is -0.207 e. The van der Waals surface area contributed by atoms with E-state index in [9.17, 15) is 16.8 Å². The Balaban J connectivity index is 2.25. The molecule has 34 heavy (non-hydrogen) atoms. The lowest BCUT2D eigenvalue weighted by molar-refractivity contribution is 0.451. The first-order valence-corrected chi connectivity index (χ1v) is 13.7. The Hall–Kier alpha value is -2.70. The molecule has 182 valence electrons. The highest BCUT2D eigenvalue weighted by Gasteiger charge is 2.25. The molecule has 2 rings (SSSR count). The van der Waals surface area contributed by atoms with Gasteiger partial charge >= 0.3 is 0 Å². The monoisotopic (exact) mass is 500 g/mol. The molecule has 0 unspecified atom stereocenters. The molecule has 0 aliphatic heterocycles. The highest BCUT2D eigenvalue weighted by atomic mass is 32.2. The zero-order valence-electron chi connectivity index (χ0n) is 20.0. The first-order chi connectivity index (χ1) is 16.0. The molecule has 0 fully saturated rings. The largest absolute Gasteiger partial charge is 0.244 e. The van der Waals surface area contributed by atoms with Crippen molar-refractivity contribution in [1.29, 1.82) is 0 Å². The maximum atomic E-state index is 13.1. The summed E-state index contributed by atoms with van der Waals surface area (Å²) in [7, 11) is -7.53. The lowest BCUT2D eigenvalue weighted by Crippen LogP contribution is -2.34. The fourth-order valence-electron chi connectivity index (χ4n) is 3.05. The van der Waals surface area contributed by atoms with Gasteiger partial charge in [-0.25, -0.2) is 16.8 Å². The Morgan fingerprint density at radius 1 is 0.824 bits per heavy atom. The van der Waals surface area contributed by atoms with Crippen LogP contribution >= 0.6 is 0 Å². The van der Waals surface area contributed by atoms with Gasteiger partial charge in [0.2, 0.25) is 20.0 Å². The van der Waals surface area contributed by atoms with E-state index in [4.69, 9.17) is 0 Å². The SMILES string of the molecule is C=CCCN(CC#CCN(CC(=C)C)S(=O)(=O)c1ccc(C)cc1)S(=O)(=O)c1ccc(C)cc1. The minimum absolute atomic E-state index is 0.0600. The van der Waals surface area contributed by atoms with Crippen molar-refractivity contribution in [2.75, 3.05) is 26.2 Å².